The van der Waals surface area contributed by atoms with Gasteiger partial charge in [-0.2, -0.15) is 5.26 Å². The zero-order valence-electron chi connectivity index (χ0n) is 10.2. The fourth-order valence-corrected chi connectivity index (χ4v) is 2.03. The van der Waals surface area contributed by atoms with E-state index in [1.165, 1.54) is 0 Å². The van der Waals surface area contributed by atoms with Crippen LogP contribution in [-0.4, -0.2) is 25.6 Å². The minimum atomic E-state index is 0.0855. The van der Waals surface area contributed by atoms with Crippen LogP contribution in [0, 0.1) is 11.3 Å². The standard InChI is InChI=1S/C13H15N3O2/c1-18-11-4-2-3-9(7-14)13(11)15-8-10-5-6-12(17)16-10/h2-4,10,15H,5-6,8H2,1H3,(H,16,17). The Morgan fingerprint density at radius 1 is 1.61 bits per heavy atom. The molecule has 1 aromatic rings. The zero-order chi connectivity index (χ0) is 13.0. The maximum Gasteiger partial charge on any atom is 0.220 e. The van der Waals surface area contributed by atoms with Gasteiger partial charge in [0.1, 0.15) is 11.8 Å². The molecule has 5 heteroatoms. The van der Waals surface area contributed by atoms with Gasteiger partial charge in [-0.05, 0) is 18.6 Å². The van der Waals surface area contributed by atoms with Crippen LogP contribution in [-0.2, 0) is 4.79 Å². The first kappa shape index (κ1) is 12.2. The minimum Gasteiger partial charge on any atom is -0.495 e. The van der Waals surface area contributed by atoms with Crippen molar-refractivity contribution < 1.29 is 9.53 Å². The number of nitrogens with zero attached hydrogens (tertiary/aromatic N) is 1. The van der Waals surface area contributed by atoms with Gasteiger partial charge in [-0.15, -0.1) is 0 Å². The number of carbonyl (C=O) groups excluding carboxylic acids is 1. The summed E-state index contributed by atoms with van der Waals surface area (Å²) in [6.45, 7) is 0.598. The molecule has 1 saturated heterocycles. The van der Waals surface area contributed by atoms with E-state index in [-0.39, 0.29) is 11.9 Å². The van der Waals surface area contributed by atoms with Crippen molar-refractivity contribution in [3.05, 3.63) is 23.8 Å². The van der Waals surface area contributed by atoms with Gasteiger partial charge >= 0.3 is 0 Å². The number of nitrogens with one attached hydrogen (secondary N) is 2. The third-order valence-electron chi connectivity index (χ3n) is 2.98. The normalized spacial score (nSPS) is 18.0. The molecule has 1 unspecified atom stereocenters. The van der Waals surface area contributed by atoms with Gasteiger partial charge in [-0.1, -0.05) is 6.07 Å². The molecule has 5 nitrogen and oxygen atoms in total. The molecular weight excluding hydrogens is 230 g/mol. The van der Waals surface area contributed by atoms with Crippen LogP contribution < -0.4 is 15.4 Å². The fraction of sp³-hybridized carbons (Fsp3) is 0.385. The highest BCUT2D eigenvalue weighted by molar-refractivity contribution is 5.78. The summed E-state index contributed by atoms with van der Waals surface area (Å²) < 4.78 is 5.22. The Hall–Kier alpha value is -2.22. The van der Waals surface area contributed by atoms with E-state index < -0.39 is 0 Å². The Balaban J connectivity index is 2.08. The van der Waals surface area contributed by atoms with Gasteiger partial charge in [0.15, 0.2) is 0 Å². The molecule has 2 rings (SSSR count). The molecule has 0 aromatic heterocycles. The molecule has 0 bridgehead atoms. The second kappa shape index (κ2) is 5.41. The van der Waals surface area contributed by atoms with Gasteiger partial charge in [-0.25, -0.2) is 0 Å². The summed E-state index contributed by atoms with van der Waals surface area (Å²) in [6.07, 6.45) is 1.40. The van der Waals surface area contributed by atoms with Gasteiger partial charge in [0.05, 0.1) is 18.4 Å². The van der Waals surface area contributed by atoms with E-state index >= 15 is 0 Å². The molecule has 1 amide bonds. The molecule has 1 aromatic carbocycles. The maximum absolute atomic E-state index is 11.1. The van der Waals surface area contributed by atoms with Crippen molar-refractivity contribution in [2.24, 2.45) is 0 Å². The summed E-state index contributed by atoms with van der Waals surface area (Å²) in [5.41, 5.74) is 1.22. The number of hydrogen-bond donors (Lipinski definition) is 2. The molecule has 2 N–H and O–H groups in total. The average Bonchev–Trinajstić information content (AvgIpc) is 2.81. The SMILES string of the molecule is COc1cccc(C#N)c1NCC1CCC(=O)N1. The number of hydrogen-bond acceptors (Lipinski definition) is 4. The molecule has 18 heavy (non-hydrogen) atoms. The molecule has 94 valence electrons. The van der Waals surface area contributed by atoms with Gasteiger partial charge in [0.2, 0.25) is 5.91 Å². The topological polar surface area (TPSA) is 74.1 Å². The van der Waals surface area contributed by atoms with Gasteiger partial charge in [0.25, 0.3) is 0 Å². The summed E-state index contributed by atoms with van der Waals surface area (Å²) in [5, 5.41) is 15.1. The number of ether oxygens (including phenoxy) is 1. The number of nitriles is 1. The first-order chi connectivity index (χ1) is 8.74. The van der Waals surface area contributed by atoms with Gasteiger partial charge < -0.3 is 15.4 Å². The van der Waals surface area contributed by atoms with Crippen LogP contribution in [0.5, 0.6) is 5.75 Å². The Labute approximate surface area is 106 Å². The van der Waals surface area contributed by atoms with Crippen molar-refractivity contribution in [1.82, 2.24) is 5.32 Å². The quantitative estimate of drug-likeness (QED) is 0.837. The summed E-state index contributed by atoms with van der Waals surface area (Å²) in [6, 6.07) is 7.56. The van der Waals surface area contributed by atoms with E-state index in [0.29, 0.717) is 30.0 Å². The third-order valence-corrected chi connectivity index (χ3v) is 2.98. The van der Waals surface area contributed by atoms with Gasteiger partial charge in [0, 0.05) is 19.0 Å². The van der Waals surface area contributed by atoms with Crippen LogP contribution in [0.3, 0.4) is 0 Å². The van der Waals surface area contributed by atoms with Crippen LogP contribution >= 0.6 is 0 Å². The van der Waals surface area contributed by atoms with E-state index in [2.05, 4.69) is 16.7 Å². The van der Waals surface area contributed by atoms with Gasteiger partial charge in [-0.3, -0.25) is 4.79 Å². The monoisotopic (exact) mass is 245 g/mol. The van der Waals surface area contributed by atoms with Crippen molar-refractivity contribution in [2.45, 2.75) is 18.9 Å². The Kier molecular flexibility index (Phi) is 3.68. The zero-order valence-corrected chi connectivity index (χ0v) is 10.2. The highest BCUT2D eigenvalue weighted by Gasteiger charge is 2.21. The Bertz CT molecular complexity index is 493. The second-order valence-electron chi connectivity index (χ2n) is 4.18. The van der Waals surface area contributed by atoms with E-state index in [4.69, 9.17) is 10.00 Å². The Morgan fingerprint density at radius 2 is 2.44 bits per heavy atom. The summed E-state index contributed by atoms with van der Waals surface area (Å²) in [5.74, 6) is 0.723. The molecule has 1 fully saturated rings. The van der Waals surface area contributed by atoms with Crippen LogP contribution in [0.2, 0.25) is 0 Å². The van der Waals surface area contributed by atoms with Crippen molar-refractivity contribution in [3.63, 3.8) is 0 Å². The third kappa shape index (κ3) is 2.54. The molecular formula is C13H15N3O2. The lowest BCUT2D eigenvalue weighted by Gasteiger charge is -2.15. The largest absolute Gasteiger partial charge is 0.495 e. The lowest BCUT2D eigenvalue weighted by atomic mass is 10.1. The van der Waals surface area contributed by atoms with Crippen molar-refractivity contribution in [1.29, 1.82) is 5.26 Å². The lowest BCUT2D eigenvalue weighted by molar-refractivity contribution is -0.119. The lowest BCUT2D eigenvalue weighted by Crippen LogP contribution is -2.32. The molecule has 1 aliphatic heterocycles. The predicted molar refractivity (Wildman–Crippen MR) is 67.4 cm³/mol. The molecule has 0 saturated carbocycles. The highest BCUT2D eigenvalue weighted by Crippen LogP contribution is 2.27. The Morgan fingerprint density at radius 3 is 3.06 bits per heavy atom. The van der Waals surface area contributed by atoms with E-state index in [9.17, 15) is 4.79 Å². The van der Waals surface area contributed by atoms with Crippen LogP contribution in [0.25, 0.3) is 0 Å². The second-order valence-corrected chi connectivity index (χ2v) is 4.18. The van der Waals surface area contributed by atoms with Crippen molar-refractivity contribution in [2.75, 3.05) is 19.0 Å². The average molecular weight is 245 g/mol. The number of anilines is 1. The maximum atomic E-state index is 11.1. The number of para-hydroxylation sites is 1. The number of amides is 1. The van der Waals surface area contributed by atoms with E-state index in [1.807, 2.05) is 0 Å². The first-order valence-electron chi connectivity index (χ1n) is 5.85. The number of benzene rings is 1. The molecule has 0 spiro atoms. The number of methoxy groups -OCH3 is 1. The minimum absolute atomic E-state index is 0.0855. The van der Waals surface area contributed by atoms with E-state index in [1.54, 1.807) is 25.3 Å². The first-order valence-corrected chi connectivity index (χ1v) is 5.85. The van der Waals surface area contributed by atoms with Crippen LogP contribution in [0.15, 0.2) is 18.2 Å². The molecule has 1 atom stereocenters. The molecule has 0 radical (unpaired) electrons. The molecule has 1 heterocycles. The number of carbonyl (C=O) groups is 1. The highest BCUT2D eigenvalue weighted by atomic mass is 16.5. The smallest absolute Gasteiger partial charge is 0.220 e. The van der Waals surface area contributed by atoms with Crippen molar-refractivity contribution in [3.8, 4) is 11.8 Å². The molecule has 1 aliphatic rings. The number of rotatable bonds is 4. The van der Waals surface area contributed by atoms with Crippen LogP contribution in [0.1, 0.15) is 18.4 Å². The molecule has 0 aliphatic carbocycles. The summed E-state index contributed by atoms with van der Waals surface area (Å²) in [4.78, 5) is 11.1. The van der Waals surface area contributed by atoms with Crippen LogP contribution in [0.4, 0.5) is 5.69 Å². The predicted octanol–water partition coefficient (Wildman–Crippen LogP) is 1.26. The summed E-state index contributed by atoms with van der Waals surface area (Å²) >= 11 is 0. The fourth-order valence-electron chi connectivity index (χ4n) is 2.03. The van der Waals surface area contributed by atoms with E-state index in [0.717, 1.165) is 6.42 Å². The summed E-state index contributed by atoms with van der Waals surface area (Å²) in [7, 11) is 1.57. The van der Waals surface area contributed by atoms with Crippen molar-refractivity contribution >= 4 is 11.6 Å².